The fraction of sp³-hybridized carbons (Fsp3) is 0.310. The van der Waals surface area contributed by atoms with Gasteiger partial charge in [0.25, 0.3) is 0 Å². The van der Waals surface area contributed by atoms with E-state index in [0.29, 0.717) is 5.92 Å². The number of thioether (sulfide) groups is 1. The maximum Gasteiger partial charge on any atom is 0.123 e. The fourth-order valence-corrected chi connectivity index (χ4v) is 6.44. The van der Waals surface area contributed by atoms with Crippen molar-refractivity contribution in [2.24, 2.45) is 11.8 Å². The molecule has 2 nitrogen and oxygen atoms in total. The molecule has 4 heteroatoms. The minimum atomic E-state index is -0.255. The highest BCUT2D eigenvalue weighted by molar-refractivity contribution is 8.03. The van der Waals surface area contributed by atoms with Crippen molar-refractivity contribution in [2.45, 2.75) is 38.6 Å². The molecule has 0 aromatic heterocycles. The maximum absolute atomic E-state index is 13.8. The summed E-state index contributed by atoms with van der Waals surface area (Å²) < 4.78 is 13.8. The van der Waals surface area contributed by atoms with Gasteiger partial charge in [0.2, 0.25) is 0 Å². The Kier molecular flexibility index (Phi) is 6.96. The lowest BCUT2D eigenvalue weighted by Gasteiger charge is -2.44. The van der Waals surface area contributed by atoms with Crippen LogP contribution in [0.3, 0.4) is 0 Å². The van der Waals surface area contributed by atoms with Crippen LogP contribution in [0, 0.1) is 17.7 Å². The maximum atomic E-state index is 13.8. The first kappa shape index (κ1) is 23.6. The van der Waals surface area contributed by atoms with Crippen LogP contribution in [0.2, 0.25) is 0 Å². The lowest BCUT2D eigenvalue weighted by molar-refractivity contribution is 0.220. The molecule has 1 aliphatic rings. The zero-order valence-corrected chi connectivity index (χ0v) is 20.8. The number of rotatable bonds is 6. The first-order chi connectivity index (χ1) is 15.8. The van der Waals surface area contributed by atoms with Gasteiger partial charge in [-0.1, -0.05) is 81.9 Å². The van der Waals surface area contributed by atoms with Crippen molar-refractivity contribution in [1.82, 2.24) is 4.90 Å². The zero-order valence-electron chi connectivity index (χ0n) is 20.0. The Morgan fingerprint density at radius 3 is 2.21 bits per heavy atom. The molecule has 0 bridgehead atoms. The Balaban J connectivity index is 1.94. The molecular weight excluding hydrogens is 429 g/mol. The summed E-state index contributed by atoms with van der Waals surface area (Å²) in [6.07, 6.45) is 0. The Morgan fingerprint density at radius 2 is 1.61 bits per heavy atom. The molecule has 0 aliphatic carbocycles. The predicted octanol–water partition coefficient (Wildman–Crippen LogP) is 7.35. The highest BCUT2D eigenvalue weighted by atomic mass is 32.2. The number of allylic oxidation sites excluding steroid dienone is 2. The average molecular weight is 462 g/mol. The van der Waals surface area contributed by atoms with Gasteiger partial charge < -0.3 is 10.0 Å². The molecule has 0 saturated carbocycles. The van der Waals surface area contributed by atoms with Gasteiger partial charge in [-0.25, -0.2) is 4.39 Å². The summed E-state index contributed by atoms with van der Waals surface area (Å²) in [5.74, 6) is 0.346. The summed E-state index contributed by atoms with van der Waals surface area (Å²) in [5, 5.41) is 13.0. The van der Waals surface area contributed by atoms with E-state index in [-0.39, 0.29) is 24.4 Å². The molecule has 0 fully saturated rings. The summed E-state index contributed by atoms with van der Waals surface area (Å²) in [5.41, 5.74) is 4.23. The van der Waals surface area contributed by atoms with Gasteiger partial charge in [0.15, 0.2) is 0 Å². The number of aliphatic hydroxyl groups is 1. The summed E-state index contributed by atoms with van der Waals surface area (Å²) >= 11 is 1.73. The highest BCUT2D eigenvalue weighted by Gasteiger charge is 2.36. The number of benzene rings is 3. The average Bonchev–Trinajstić information content (AvgIpc) is 2.78. The van der Waals surface area contributed by atoms with E-state index < -0.39 is 0 Å². The third-order valence-electron chi connectivity index (χ3n) is 6.36. The van der Waals surface area contributed by atoms with Crippen LogP contribution in [0.25, 0.3) is 16.3 Å². The lowest BCUT2D eigenvalue weighted by atomic mass is 9.83. The van der Waals surface area contributed by atoms with Crippen molar-refractivity contribution in [3.8, 4) is 0 Å². The number of fused-ring (bicyclic) bond motifs is 1. The van der Waals surface area contributed by atoms with E-state index in [9.17, 15) is 9.50 Å². The number of halogens is 1. The normalized spacial score (nSPS) is 17.1. The number of aliphatic hydroxyl groups excluding tert-OH is 1. The Hall–Kier alpha value is -2.56. The molecule has 1 aliphatic heterocycles. The number of nitrogens with zero attached hydrogens (tertiary/aromatic N) is 1. The van der Waals surface area contributed by atoms with Gasteiger partial charge in [-0.15, -0.1) is 0 Å². The van der Waals surface area contributed by atoms with E-state index >= 15 is 0 Å². The second-order valence-electron chi connectivity index (χ2n) is 9.35. The van der Waals surface area contributed by atoms with E-state index in [2.05, 4.69) is 82.1 Å². The van der Waals surface area contributed by atoms with Crippen molar-refractivity contribution in [3.05, 3.63) is 94.3 Å². The van der Waals surface area contributed by atoms with Crippen LogP contribution < -0.4 is 0 Å². The molecule has 172 valence electrons. The van der Waals surface area contributed by atoms with Gasteiger partial charge in [0, 0.05) is 28.1 Å². The van der Waals surface area contributed by atoms with Crippen LogP contribution in [0.4, 0.5) is 4.39 Å². The van der Waals surface area contributed by atoms with E-state index in [4.69, 9.17) is 0 Å². The van der Waals surface area contributed by atoms with E-state index in [1.54, 1.807) is 11.8 Å². The molecule has 3 aromatic carbocycles. The molecule has 0 radical (unpaired) electrons. The largest absolute Gasteiger partial charge is 0.392 e. The van der Waals surface area contributed by atoms with E-state index in [1.807, 2.05) is 12.1 Å². The molecule has 3 aromatic rings. The van der Waals surface area contributed by atoms with Gasteiger partial charge in [-0.05, 0) is 58.0 Å². The molecule has 0 spiro atoms. The SMILES string of the molecule is CC(C)C1=C(Sc2ccc3ccccc3c2)C(c2ccc(F)cc2)=C(CO)C(C(C)C)N1C. The standard InChI is InChI=1S/C29H32FNOS/c1-18(2)27-25(17-32)26(21-10-13-23(30)14-11-21)29(28(19(3)4)31(27)5)33-24-15-12-20-8-6-7-9-22(20)16-24/h6-16,18-19,27,32H,17H2,1-5H3. The van der Waals surface area contributed by atoms with E-state index in [0.717, 1.165) is 26.5 Å². The number of likely N-dealkylation sites (N-methyl/N-ethyl adjacent to an activating group) is 1. The van der Waals surface area contributed by atoms with Crippen molar-refractivity contribution < 1.29 is 9.50 Å². The van der Waals surface area contributed by atoms with Crippen LogP contribution in [0.5, 0.6) is 0 Å². The van der Waals surface area contributed by atoms with Crippen molar-refractivity contribution >= 4 is 28.1 Å². The molecule has 1 atom stereocenters. The molecule has 0 saturated heterocycles. The lowest BCUT2D eigenvalue weighted by Crippen LogP contribution is -2.42. The molecule has 1 unspecified atom stereocenters. The molecule has 4 rings (SSSR count). The first-order valence-corrected chi connectivity index (χ1v) is 12.4. The summed E-state index contributed by atoms with van der Waals surface area (Å²) in [4.78, 5) is 4.63. The number of hydrogen-bond acceptors (Lipinski definition) is 3. The molecule has 0 amide bonds. The van der Waals surface area contributed by atoms with Crippen molar-refractivity contribution in [3.63, 3.8) is 0 Å². The Labute approximate surface area is 200 Å². The predicted molar refractivity (Wildman–Crippen MR) is 138 cm³/mol. The summed E-state index contributed by atoms with van der Waals surface area (Å²) in [6, 6.07) is 21.7. The van der Waals surface area contributed by atoms with Crippen LogP contribution >= 0.6 is 11.8 Å². The smallest absolute Gasteiger partial charge is 0.123 e. The highest BCUT2D eigenvalue weighted by Crippen LogP contribution is 2.48. The Morgan fingerprint density at radius 1 is 0.939 bits per heavy atom. The second-order valence-corrected chi connectivity index (χ2v) is 10.4. The van der Waals surface area contributed by atoms with Crippen LogP contribution in [0.15, 0.2) is 87.8 Å². The first-order valence-electron chi connectivity index (χ1n) is 11.6. The third kappa shape index (κ3) is 4.60. The van der Waals surface area contributed by atoms with E-state index in [1.165, 1.54) is 28.6 Å². The summed E-state index contributed by atoms with van der Waals surface area (Å²) in [7, 11) is 2.14. The van der Waals surface area contributed by atoms with Gasteiger partial charge in [-0.3, -0.25) is 0 Å². The quantitative estimate of drug-likeness (QED) is 0.415. The van der Waals surface area contributed by atoms with Crippen LogP contribution in [-0.2, 0) is 0 Å². The molecule has 33 heavy (non-hydrogen) atoms. The zero-order chi connectivity index (χ0) is 23.7. The topological polar surface area (TPSA) is 23.5 Å². The van der Waals surface area contributed by atoms with Crippen molar-refractivity contribution in [1.29, 1.82) is 0 Å². The minimum absolute atomic E-state index is 0.0347. The molecule has 1 N–H and O–H groups in total. The minimum Gasteiger partial charge on any atom is -0.392 e. The van der Waals surface area contributed by atoms with Gasteiger partial charge >= 0.3 is 0 Å². The van der Waals surface area contributed by atoms with Gasteiger partial charge in [0.05, 0.1) is 12.6 Å². The monoisotopic (exact) mass is 461 g/mol. The fourth-order valence-electron chi connectivity index (χ4n) is 5.04. The van der Waals surface area contributed by atoms with Gasteiger partial charge in [-0.2, -0.15) is 0 Å². The molecular formula is C29H32FNOS. The van der Waals surface area contributed by atoms with Crippen LogP contribution in [-0.4, -0.2) is 29.7 Å². The Bertz CT molecular complexity index is 1210. The molecule has 1 heterocycles. The second kappa shape index (κ2) is 9.74. The summed E-state index contributed by atoms with van der Waals surface area (Å²) in [6.45, 7) is 8.79. The van der Waals surface area contributed by atoms with Crippen LogP contribution in [0.1, 0.15) is 33.3 Å². The number of hydrogen-bond donors (Lipinski definition) is 1. The van der Waals surface area contributed by atoms with Gasteiger partial charge in [0.1, 0.15) is 5.82 Å². The van der Waals surface area contributed by atoms with Crippen molar-refractivity contribution in [2.75, 3.05) is 13.7 Å². The third-order valence-corrected chi connectivity index (χ3v) is 7.46.